The highest BCUT2D eigenvalue weighted by atomic mass is 32.2. The van der Waals surface area contributed by atoms with Gasteiger partial charge in [0.25, 0.3) is 10.0 Å². The van der Waals surface area contributed by atoms with Gasteiger partial charge in [0.2, 0.25) is 5.91 Å². The predicted octanol–water partition coefficient (Wildman–Crippen LogP) is 1.36. The summed E-state index contributed by atoms with van der Waals surface area (Å²) in [5, 5.41) is 3.22. The van der Waals surface area contributed by atoms with Crippen molar-refractivity contribution in [2.24, 2.45) is 5.92 Å². The number of carbonyl (C=O) groups is 1. The van der Waals surface area contributed by atoms with Gasteiger partial charge in [-0.1, -0.05) is 12.8 Å². The first-order valence-electron chi connectivity index (χ1n) is 8.83. The van der Waals surface area contributed by atoms with E-state index < -0.39 is 10.0 Å². The van der Waals surface area contributed by atoms with E-state index in [-0.39, 0.29) is 16.9 Å². The molecule has 0 atom stereocenters. The molecule has 134 valence electrons. The summed E-state index contributed by atoms with van der Waals surface area (Å²) >= 11 is 0. The summed E-state index contributed by atoms with van der Waals surface area (Å²) in [4.78, 5) is 16.3. The van der Waals surface area contributed by atoms with Crippen LogP contribution in [0.3, 0.4) is 0 Å². The van der Waals surface area contributed by atoms with Crippen molar-refractivity contribution < 1.29 is 13.2 Å². The highest BCUT2D eigenvalue weighted by Crippen LogP contribution is 2.24. The Labute approximate surface area is 143 Å². The van der Waals surface area contributed by atoms with E-state index in [0.29, 0.717) is 38.5 Å². The highest BCUT2D eigenvalue weighted by Gasteiger charge is 2.34. The van der Waals surface area contributed by atoms with Gasteiger partial charge < -0.3 is 9.88 Å². The van der Waals surface area contributed by atoms with E-state index in [9.17, 15) is 13.2 Å². The first-order valence-corrected chi connectivity index (χ1v) is 10.3. The van der Waals surface area contributed by atoms with Crippen molar-refractivity contribution in [2.75, 3.05) is 13.1 Å². The molecule has 1 aliphatic heterocycles. The van der Waals surface area contributed by atoms with Gasteiger partial charge in [0.05, 0.1) is 6.33 Å². The van der Waals surface area contributed by atoms with E-state index in [4.69, 9.17) is 0 Å². The van der Waals surface area contributed by atoms with Gasteiger partial charge in [-0.2, -0.15) is 4.31 Å². The van der Waals surface area contributed by atoms with E-state index in [1.54, 1.807) is 10.8 Å². The fourth-order valence-electron chi connectivity index (χ4n) is 3.53. The Kier molecular flexibility index (Phi) is 5.24. The van der Waals surface area contributed by atoms with Crippen molar-refractivity contribution >= 4 is 15.9 Å². The Hall–Kier alpha value is -1.41. The molecule has 1 aliphatic carbocycles. The molecule has 2 fully saturated rings. The second-order valence-electron chi connectivity index (χ2n) is 6.71. The first kappa shape index (κ1) is 17.4. The zero-order valence-electron chi connectivity index (χ0n) is 14.1. The molecule has 2 aliphatic rings. The van der Waals surface area contributed by atoms with Crippen molar-refractivity contribution in [3.8, 4) is 0 Å². The Morgan fingerprint density at radius 1 is 1.25 bits per heavy atom. The zero-order valence-corrected chi connectivity index (χ0v) is 15.0. The Morgan fingerprint density at radius 3 is 2.50 bits per heavy atom. The Morgan fingerprint density at radius 2 is 1.92 bits per heavy atom. The first-order chi connectivity index (χ1) is 11.5. The lowest BCUT2D eigenvalue weighted by Crippen LogP contribution is -2.44. The minimum atomic E-state index is -3.55. The molecule has 1 saturated heterocycles. The second kappa shape index (κ2) is 7.23. The standard InChI is InChI=1S/C16H26N4O3S/c1-2-19-11-15(17-12-19)24(22,23)20-9-7-13(8-10-20)16(21)18-14-5-3-4-6-14/h11-14H,2-10H2,1H3,(H,18,21). The highest BCUT2D eigenvalue weighted by molar-refractivity contribution is 7.89. The summed E-state index contributed by atoms with van der Waals surface area (Å²) in [7, 11) is -3.55. The minimum Gasteiger partial charge on any atom is -0.353 e. The van der Waals surface area contributed by atoms with E-state index in [2.05, 4.69) is 10.3 Å². The van der Waals surface area contributed by atoms with E-state index in [1.165, 1.54) is 23.5 Å². The zero-order chi connectivity index (χ0) is 17.2. The van der Waals surface area contributed by atoms with Gasteiger partial charge in [0.15, 0.2) is 5.03 Å². The summed E-state index contributed by atoms with van der Waals surface area (Å²) in [5.74, 6) is 0.0134. The third kappa shape index (κ3) is 3.64. The van der Waals surface area contributed by atoms with Crippen LogP contribution in [-0.2, 0) is 21.4 Å². The van der Waals surface area contributed by atoms with Gasteiger partial charge in [-0.3, -0.25) is 4.79 Å². The van der Waals surface area contributed by atoms with Crippen LogP contribution < -0.4 is 5.32 Å². The van der Waals surface area contributed by atoms with Crippen LogP contribution in [0.4, 0.5) is 0 Å². The average molecular weight is 354 g/mol. The Bertz CT molecular complexity index is 671. The van der Waals surface area contributed by atoms with Crippen molar-refractivity contribution in [1.82, 2.24) is 19.2 Å². The van der Waals surface area contributed by atoms with Crippen LogP contribution in [-0.4, -0.2) is 47.3 Å². The van der Waals surface area contributed by atoms with Crippen LogP contribution in [0.25, 0.3) is 0 Å². The molecule has 0 aromatic carbocycles. The molecule has 3 rings (SSSR count). The van der Waals surface area contributed by atoms with Crippen molar-refractivity contribution in [3.63, 3.8) is 0 Å². The largest absolute Gasteiger partial charge is 0.353 e. The molecule has 0 unspecified atom stereocenters. The molecule has 0 radical (unpaired) electrons. The van der Waals surface area contributed by atoms with Gasteiger partial charge >= 0.3 is 0 Å². The number of rotatable bonds is 5. The second-order valence-corrected chi connectivity index (χ2v) is 8.60. The number of nitrogens with one attached hydrogen (secondary N) is 1. The molecule has 1 aromatic heterocycles. The topological polar surface area (TPSA) is 84.3 Å². The maximum atomic E-state index is 12.6. The Balaban J connectivity index is 1.56. The van der Waals surface area contributed by atoms with Crippen LogP contribution in [0.2, 0.25) is 0 Å². The molecule has 24 heavy (non-hydrogen) atoms. The smallest absolute Gasteiger partial charge is 0.262 e. The quantitative estimate of drug-likeness (QED) is 0.865. The third-order valence-electron chi connectivity index (χ3n) is 5.11. The maximum Gasteiger partial charge on any atom is 0.262 e. The fraction of sp³-hybridized carbons (Fsp3) is 0.750. The van der Waals surface area contributed by atoms with E-state index in [0.717, 1.165) is 12.8 Å². The summed E-state index contributed by atoms with van der Waals surface area (Å²) in [5.41, 5.74) is 0. The molecule has 8 heteroatoms. The van der Waals surface area contributed by atoms with Gasteiger partial charge in [-0.05, 0) is 32.6 Å². The number of nitrogens with zero attached hydrogens (tertiary/aromatic N) is 3. The SMILES string of the molecule is CCn1cnc(S(=O)(=O)N2CCC(C(=O)NC3CCCC3)CC2)c1. The number of imidazole rings is 1. The van der Waals surface area contributed by atoms with Crippen molar-refractivity contribution in [1.29, 1.82) is 0 Å². The third-order valence-corrected chi connectivity index (χ3v) is 6.89. The van der Waals surface area contributed by atoms with Gasteiger partial charge in [-0.25, -0.2) is 13.4 Å². The summed E-state index contributed by atoms with van der Waals surface area (Å²) < 4.78 is 28.4. The number of hydrogen-bond acceptors (Lipinski definition) is 4. The van der Waals surface area contributed by atoms with Gasteiger partial charge in [0, 0.05) is 37.8 Å². The molecule has 7 nitrogen and oxygen atoms in total. The lowest BCUT2D eigenvalue weighted by Gasteiger charge is -2.30. The van der Waals surface area contributed by atoms with Crippen molar-refractivity contribution in [3.05, 3.63) is 12.5 Å². The summed E-state index contributed by atoms with van der Waals surface area (Å²) in [6.07, 6.45) is 8.76. The molecular formula is C16H26N4O3S. The van der Waals surface area contributed by atoms with Crippen LogP contribution in [0.1, 0.15) is 45.4 Å². The van der Waals surface area contributed by atoms with Gasteiger partial charge in [0.1, 0.15) is 0 Å². The predicted molar refractivity (Wildman–Crippen MR) is 89.8 cm³/mol. The average Bonchev–Trinajstić information content (AvgIpc) is 3.26. The summed E-state index contributed by atoms with van der Waals surface area (Å²) in [6.45, 7) is 3.38. The number of amides is 1. The maximum absolute atomic E-state index is 12.6. The molecule has 2 heterocycles. The molecule has 1 N–H and O–H groups in total. The number of aryl methyl sites for hydroxylation is 1. The molecule has 1 saturated carbocycles. The van der Waals surface area contributed by atoms with E-state index >= 15 is 0 Å². The monoisotopic (exact) mass is 354 g/mol. The van der Waals surface area contributed by atoms with Gasteiger partial charge in [-0.15, -0.1) is 0 Å². The fourth-order valence-corrected chi connectivity index (χ4v) is 4.93. The molecule has 0 bridgehead atoms. The van der Waals surface area contributed by atoms with Crippen molar-refractivity contribution in [2.45, 2.75) is 63.1 Å². The van der Waals surface area contributed by atoms with Crippen LogP contribution in [0.5, 0.6) is 0 Å². The number of piperidine rings is 1. The molecular weight excluding hydrogens is 328 g/mol. The lowest BCUT2D eigenvalue weighted by atomic mass is 9.97. The number of sulfonamides is 1. The van der Waals surface area contributed by atoms with Crippen LogP contribution in [0.15, 0.2) is 17.6 Å². The molecule has 1 amide bonds. The van der Waals surface area contributed by atoms with Crippen LogP contribution >= 0.6 is 0 Å². The minimum absolute atomic E-state index is 0.0785. The molecule has 1 aromatic rings. The summed E-state index contributed by atoms with van der Waals surface area (Å²) in [6, 6.07) is 0.317. The normalized spacial score (nSPS) is 21.2. The van der Waals surface area contributed by atoms with Crippen LogP contribution in [0, 0.1) is 5.92 Å². The lowest BCUT2D eigenvalue weighted by molar-refractivity contribution is -0.126. The number of aromatic nitrogens is 2. The molecule has 0 spiro atoms. The number of hydrogen-bond donors (Lipinski definition) is 1. The van der Waals surface area contributed by atoms with E-state index in [1.807, 2.05) is 6.92 Å². The number of carbonyl (C=O) groups excluding carboxylic acids is 1.